The van der Waals surface area contributed by atoms with Crippen LogP contribution in [0.4, 0.5) is 0 Å². The van der Waals surface area contributed by atoms with Gasteiger partial charge in [-0.25, -0.2) is 5.48 Å². The lowest BCUT2D eigenvalue weighted by Crippen LogP contribution is -2.18. The van der Waals surface area contributed by atoms with Crippen molar-refractivity contribution in [3.05, 3.63) is 0 Å². The minimum Gasteiger partial charge on any atom is -0.303 e. The van der Waals surface area contributed by atoms with Crippen LogP contribution < -0.4 is 5.48 Å². The Labute approximate surface area is 40.1 Å². The number of carbonyl (C=O) groups excluding carboxylic acids is 2. The highest BCUT2D eigenvalue weighted by molar-refractivity contribution is 5.86. The Balaban J connectivity index is 3.17. The van der Waals surface area contributed by atoms with Crippen molar-refractivity contribution in [2.24, 2.45) is 0 Å². The number of hydroxylamine groups is 1. The van der Waals surface area contributed by atoms with Crippen LogP contribution in [-0.2, 0) is 9.59 Å². The van der Waals surface area contributed by atoms with Gasteiger partial charge in [0.15, 0.2) is 0 Å². The minimum atomic E-state index is -0.685. The summed E-state index contributed by atoms with van der Waals surface area (Å²) < 4.78 is 0. The van der Waals surface area contributed by atoms with Crippen LogP contribution in [0.1, 0.15) is 6.42 Å². The first-order valence-electron chi connectivity index (χ1n) is 1.68. The van der Waals surface area contributed by atoms with E-state index >= 15 is 0 Å². The third kappa shape index (κ3) is 2.92. The Morgan fingerprint density at radius 3 is 2.57 bits per heavy atom. The van der Waals surface area contributed by atoms with E-state index in [1.807, 2.05) is 0 Å². The fraction of sp³-hybridized carbons (Fsp3) is 0.333. The molecule has 7 heavy (non-hydrogen) atoms. The normalized spacial score (nSPS) is 7.57. The number of hydrogen-bond acceptors (Lipinski definition) is 3. The summed E-state index contributed by atoms with van der Waals surface area (Å²) in [6.45, 7) is 0. The monoisotopic (exact) mass is 103 g/mol. The zero-order chi connectivity index (χ0) is 5.70. The Hall–Kier alpha value is -0.900. The van der Waals surface area contributed by atoms with Crippen LogP contribution in [0.25, 0.3) is 0 Å². The summed E-state index contributed by atoms with van der Waals surface area (Å²) in [6, 6.07) is 0. The Bertz CT molecular complexity index is 80.2. The highest BCUT2D eigenvalue weighted by Gasteiger charge is 1.91. The van der Waals surface area contributed by atoms with E-state index in [4.69, 9.17) is 5.21 Å². The summed E-state index contributed by atoms with van der Waals surface area (Å²) in [4.78, 5) is 19.2. The first-order valence-corrected chi connectivity index (χ1v) is 1.68. The van der Waals surface area contributed by atoms with Crippen LogP contribution in [0.15, 0.2) is 0 Å². The molecule has 0 saturated carbocycles. The fourth-order valence-corrected chi connectivity index (χ4v) is 0.121. The lowest BCUT2D eigenvalue weighted by molar-refractivity contribution is -0.131. The maximum absolute atomic E-state index is 9.82. The highest BCUT2D eigenvalue weighted by Crippen LogP contribution is 1.65. The predicted octanol–water partition coefficient (Wildman–Crippen LogP) is -0.919. The molecule has 0 aromatic heterocycles. The molecule has 4 heteroatoms. The quantitative estimate of drug-likeness (QED) is 0.205. The molecule has 0 aromatic rings. The van der Waals surface area contributed by atoms with Crippen molar-refractivity contribution in [2.75, 3.05) is 0 Å². The Kier molecular flexibility index (Phi) is 2.87. The van der Waals surface area contributed by atoms with E-state index in [9.17, 15) is 9.59 Å². The lowest BCUT2D eigenvalue weighted by Gasteiger charge is -1.85. The van der Waals surface area contributed by atoms with E-state index in [0.717, 1.165) is 0 Å². The van der Waals surface area contributed by atoms with Crippen molar-refractivity contribution >= 4 is 12.2 Å². The van der Waals surface area contributed by atoms with Gasteiger partial charge < -0.3 is 4.79 Å². The smallest absolute Gasteiger partial charge is 0.250 e. The van der Waals surface area contributed by atoms with E-state index < -0.39 is 5.91 Å². The summed E-state index contributed by atoms with van der Waals surface area (Å²) in [5, 5.41) is 7.71. The standard InChI is InChI=1S/C3H5NO3/c5-2-1-3(6)4-7/h2,7H,1H2,(H,4,6). The average molecular weight is 103 g/mol. The number of amides is 1. The van der Waals surface area contributed by atoms with Crippen molar-refractivity contribution in [3.8, 4) is 0 Å². The van der Waals surface area contributed by atoms with Gasteiger partial charge in [-0.2, -0.15) is 0 Å². The molecule has 0 bridgehead atoms. The number of aldehydes is 1. The van der Waals surface area contributed by atoms with E-state index in [0.29, 0.717) is 6.29 Å². The van der Waals surface area contributed by atoms with E-state index in [2.05, 4.69) is 0 Å². The lowest BCUT2D eigenvalue weighted by atomic mass is 10.5. The maximum Gasteiger partial charge on any atom is 0.250 e. The number of rotatable bonds is 2. The second-order valence-electron chi connectivity index (χ2n) is 0.906. The van der Waals surface area contributed by atoms with Gasteiger partial charge >= 0.3 is 0 Å². The molecule has 1 amide bonds. The molecule has 0 heterocycles. The van der Waals surface area contributed by atoms with Crippen LogP contribution in [0.2, 0.25) is 0 Å². The molecule has 4 nitrogen and oxygen atoms in total. The van der Waals surface area contributed by atoms with Gasteiger partial charge in [0.1, 0.15) is 6.29 Å². The molecule has 0 spiro atoms. The van der Waals surface area contributed by atoms with Crippen molar-refractivity contribution in [1.82, 2.24) is 5.48 Å². The van der Waals surface area contributed by atoms with Crippen LogP contribution in [0.5, 0.6) is 0 Å². The van der Waals surface area contributed by atoms with Gasteiger partial charge in [-0.3, -0.25) is 10.0 Å². The average Bonchev–Trinajstić information content (AvgIpc) is 1.68. The van der Waals surface area contributed by atoms with Crippen molar-refractivity contribution in [3.63, 3.8) is 0 Å². The van der Waals surface area contributed by atoms with Crippen LogP contribution in [0, 0.1) is 0 Å². The summed E-state index contributed by atoms with van der Waals surface area (Å²) in [5.74, 6) is -0.685. The third-order valence-corrected chi connectivity index (χ3v) is 0.393. The van der Waals surface area contributed by atoms with Crippen LogP contribution in [0.3, 0.4) is 0 Å². The largest absolute Gasteiger partial charge is 0.303 e. The minimum absolute atomic E-state index is 0.281. The molecule has 2 N–H and O–H groups in total. The molecule has 0 rings (SSSR count). The second kappa shape index (κ2) is 3.30. The first-order chi connectivity index (χ1) is 3.31. The van der Waals surface area contributed by atoms with Gasteiger partial charge in [0, 0.05) is 0 Å². The van der Waals surface area contributed by atoms with Crippen molar-refractivity contribution in [1.29, 1.82) is 0 Å². The molecular weight excluding hydrogens is 98.0 g/mol. The first kappa shape index (κ1) is 6.10. The number of nitrogens with one attached hydrogen (secondary N) is 1. The molecule has 0 radical (unpaired) electrons. The van der Waals surface area contributed by atoms with Gasteiger partial charge in [0.25, 0.3) is 0 Å². The topological polar surface area (TPSA) is 66.4 Å². The molecule has 0 unspecified atom stereocenters. The van der Waals surface area contributed by atoms with Crippen molar-refractivity contribution in [2.45, 2.75) is 6.42 Å². The van der Waals surface area contributed by atoms with Crippen LogP contribution >= 0.6 is 0 Å². The maximum atomic E-state index is 9.82. The van der Waals surface area contributed by atoms with Crippen molar-refractivity contribution < 1.29 is 14.8 Å². The zero-order valence-corrected chi connectivity index (χ0v) is 3.55. The van der Waals surface area contributed by atoms with Crippen LogP contribution in [-0.4, -0.2) is 17.4 Å². The van der Waals surface area contributed by atoms with E-state index in [-0.39, 0.29) is 6.42 Å². The summed E-state index contributed by atoms with van der Waals surface area (Å²) in [7, 11) is 0. The van der Waals surface area contributed by atoms with Gasteiger partial charge in [-0.1, -0.05) is 0 Å². The Morgan fingerprint density at radius 1 is 1.86 bits per heavy atom. The molecular formula is C3H5NO3. The molecule has 0 saturated heterocycles. The van der Waals surface area contributed by atoms with Gasteiger partial charge in [0.2, 0.25) is 5.91 Å². The predicted molar refractivity (Wildman–Crippen MR) is 20.6 cm³/mol. The molecule has 0 aromatic carbocycles. The number of hydrogen-bond donors (Lipinski definition) is 2. The van der Waals surface area contributed by atoms with E-state index in [1.165, 1.54) is 5.48 Å². The summed E-state index contributed by atoms with van der Waals surface area (Å²) in [6.07, 6.45) is 0.127. The fourth-order valence-electron chi connectivity index (χ4n) is 0.121. The van der Waals surface area contributed by atoms with E-state index in [1.54, 1.807) is 0 Å². The summed E-state index contributed by atoms with van der Waals surface area (Å²) >= 11 is 0. The van der Waals surface area contributed by atoms with Gasteiger partial charge in [0.05, 0.1) is 6.42 Å². The van der Waals surface area contributed by atoms with Gasteiger partial charge in [-0.05, 0) is 0 Å². The second-order valence-corrected chi connectivity index (χ2v) is 0.906. The molecule has 0 aliphatic rings. The zero-order valence-electron chi connectivity index (χ0n) is 3.55. The summed E-state index contributed by atoms with van der Waals surface area (Å²) in [5.41, 5.74) is 1.30. The highest BCUT2D eigenvalue weighted by atomic mass is 16.5. The SMILES string of the molecule is O=CCC(=O)NO. The molecule has 0 aliphatic carbocycles. The van der Waals surface area contributed by atoms with Gasteiger partial charge in [-0.15, -0.1) is 0 Å². The molecule has 0 fully saturated rings. The molecule has 0 atom stereocenters. The molecule has 0 aliphatic heterocycles. The molecule has 40 valence electrons. The third-order valence-electron chi connectivity index (χ3n) is 0.393. The number of carbonyl (C=O) groups is 2. The Morgan fingerprint density at radius 2 is 2.43 bits per heavy atom.